The summed E-state index contributed by atoms with van der Waals surface area (Å²) in [4.78, 5) is 29.2. The van der Waals surface area contributed by atoms with Crippen LogP contribution in [0.3, 0.4) is 0 Å². The van der Waals surface area contributed by atoms with Gasteiger partial charge in [-0.3, -0.25) is 19.9 Å². The molecule has 7 rings (SSSR count). The fourth-order valence-electron chi connectivity index (χ4n) is 7.93. The molecule has 52 heavy (non-hydrogen) atoms. The molecule has 0 spiro atoms. The SMILES string of the molecule is COc1cccc2c1C(=O)c1c(O)c3c(c(O)c1C2=N)CC(O)(C(C)=O)CC3OC1CC(N(Cc2ccccc2)Cc2ccccc2)C(O)C(C)O1. The van der Waals surface area contributed by atoms with Crippen molar-refractivity contribution in [3.63, 3.8) is 0 Å². The van der Waals surface area contributed by atoms with Crippen molar-refractivity contribution in [2.24, 2.45) is 0 Å². The summed E-state index contributed by atoms with van der Waals surface area (Å²) in [5.74, 6) is -2.03. The zero-order valence-corrected chi connectivity index (χ0v) is 29.2. The molecule has 270 valence electrons. The second kappa shape index (κ2) is 13.9. The van der Waals surface area contributed by atoms with Crippen molar-refractivity contribution in [1.82, 2.24) is 4.90 Å². The lowest BCUT2D eigenvalue weighted by molar-refractivity contribution is -0.259. The minimum Gasteiger partial charge on any atom is -0.507 e. The molecule has 11 heteroatoms. The van der Waals surface area contributed by atoms with E-state index >= 15 is 0 Å². The van der Waals surface area contributed by atoms with Crippen LogP contribution in [0.4, 0.5) is 0 Å². The average Bonchev–Trinajstić information content (AvgIpc) is 3.13. The number of phenols is 2. The maximum Gasteiger partial charge on any atom is 0.202 e. The van der Waals surface area contributed by atoms with Crippen LogP contribution in [-0.4, -0.2) is 79.9 Å². The first-order chi connectivity index (χ1) is 24.9. The Morgan fingerprint density at radius 3 is 2.17 bits per heavy atom. The number of carbonyl (C=O) groups excluding carboxylic acids is 2. The van der Waals surface area contributed by atoms with Crippen LogP contribution in [0.1, 0.15) is 82.1 Å². The largest absolute Gasteiger partial charge is 0.507 e. The highest BCUT2D eigenvalue weighted by molar-refractivity contribution is 6.32. The highest BCUT2D eigenvalue weighted by Gasteiger charge is 2.49. The number of nitrogens with one attached hydrogen (secondary N) is 1. The number of ketones is 2. The quantitative estimate of drug-likeness (QED) is 0.132. The second-order valence-electron chi connectivity index (χ2n) is 14.0. The number of aliphatic hydroxyl groups is 2. The fourth-order valence-corrected chi connectivity index (χ4v) is 7.93. The molecule has 1 fully saturated rings. The Bertz CT molecular complexity index is 1990. The zero-order valence-electron chi connectivity index (χ0n) is 29.2. The monoisotopic (exact) mass is 706 g/mol. The van der Waals surface area contributed by atoms with Gasteiger partial charge in [0.2, 0.25) is 5.78 Å². The number of fused-ring (bicyclic) bond motifs is 3. The third kappa shape index (κ3) is 6.18. The van der Waals surface area contributed by atoms with E-state index in [-0.39, 0.29) is 64.1 Å². The molecule has 0 aromatic heterocycles. The summed E-state index contributed by atoms with van der Waals surface area (Å²) < 4.78 is 18.2. The van der Waals surface area contributed by atoms with Gasteiger partial charge in [0, 0.05) is 55.1 Å². The molecule has 6 atom stereocenters. The smallest absolute Gasteiger partial charge is 0.202 e. The number of methoxy groups -OCH3 is 1. The van der Waals surface area contributed by atoms with E-state index in [0.717, 1.165) is 11.1 Å². The number of carbonyl (C=O) groups is 2. The molecule has 3 aliphatic rings. The summed E-state index contributed by atoms with van der Waals surface area (Å²) >= 11 is 0. The number of hydrogen-bond acceptors (Lipinski definition) is 11. The van der Waals surface area contributed by atoms with Crippen molar-refractivity contribution >= 4 is 17.3 Å². The van der Waals surface area contributed by atoms with Gasteiger partial charge in [0.1, 0.15) is 22.8 Å². The molecule has 4 aromatic carbocycles. The van der Waals surface area contributed by atoms with Gasteiger partial charge in [-0.05, 0) is 31.0 Å². The lowest BCUT2D eigenvalue weighted by Crippen LogP contribution is -2.55. The van der Waals surface area contributed by atoms with Crippen molar-refractivity contribution in [2.45, 2.75) is 82.4 Å². The van der Waals surface area contributed by atoms with E-state index in [1.54, 1.807) is 25.1 Å². The Hall–Kier alpha value is -4.91. The number of nitrogens with zero attached hydrogens (tertiary/aromatic N) is 1. The summed E-state index contributed by atoms with van der Waals surface area (Å²) in [7, 11) is 1.40. The number of rotatable bonds is 9. The number of hydrogen-bond donors (Lipinski definition) is 5. The van der Waals surface area contributed by atoms with Gasteiger partial charge >= 0.3 is 0 Å². The molecular weight excluding hydrogens is 664 g/mol. The van der Waals surface area contributed by atoms with Crippen LogP contribution in [0.25, 0.3) is 0 Å². The number of phenolic OH excluding ortho intramolecular Hbond substituents is 2. The molecule has 4 aromatic rings. The third-order valence-electron chi connectivity index (χ3n) is 10.7. The van der Waals surface area contributed by atoms with Crippen LogP contribution in [0.5, 0.6) is 17.2 Å². The van der Waals surface area contributed by atoms with Crippen molar-refractivity contribution in [1.29, 1.82) is 5.41 Å². The van der Waals surface area contributed by atoms with Crippen LogP contribution in [0.2, 0.25) is 0 Å². The molecule has 0 radical (unpaired) electrons. The van der Waals surface area contributed by atoms with Gasteiger partial charge in [-0.25, -0.2) is 0 Å². The fraction of sp³-hybridized carbons (Fsp3) is 0.341. The van der Waals surface area contributed by atoms with Crippen LogP contribution in [0, 0.1) is 5.41 Å². The van der Waals surface area contributed by atoms with Gasteiger partial charge in [-0.15, -0.1) is 0 Å². The molecule has 0 saturated carbocycles. The van der Waals surface area contributed by atoms with Crippen molar-refractivity contribution in [3.8, 4) is 17.2 Å². The molecule has 0 amide bonds. The average molecular weight is 707 g/mol. The number of Topliss-reactive ketones (excluding diaryl/α,β-unsaturated/α-hetero) is 1. The highest BCUT2D eigenvalue weighted by Crippen LogP contribution is 2.52. The van der Waals surface area contributed by atoms with E-state index < -0.39 is 59.3 Å². The number of aromatic hydroxyl groups is 2. The third-order valence-corrected chi connectivity index (χ3v) is 10.7. The molecule has 1 aliphatic heterocycles. The van der Waals surface area contributed by atoms with Gasteiger partial charge in [-0.1, -0.05) is 72.8 Å². The predicted octanol–water partition coefficient (Wildman–Crippen LogP) is 4.96. The molecule has 1 heterocycles. The summed E-state index contributed by atoms with van der Waals surface area (Å²) in [6.07, 6.45) is -4.29. The van der Waals surface area contributed by atoms with Crippen LogP contribution in [0.15, 0.2) is 78.9 Å². The zero-order chi connectivity index (χ0) is 36.9. The van der Waals surface area contributed by atoms with Gasteiger partial charge in [0.05, 0.1) is 47.8 Å². The first kappa shape index (κ1) is 35.5. The number of aliphatic hydroxyl groups excluding tert-OH is 1. The van der Waals surface area contributed by atoms with E-state index in [1.165, 1.54) is 14.0 Å². The molecule has 11 nitrogen and oxygen atoms in total. The Morgan fingerprint density at radius 2 is 1.58 bits per heavy atom. The Labute approximate surface area is 301 Å². The lowest BCUT2D eigenvalue weighted by atomic mass is 9.72. The van der Waals surface area contributed by atoms with E-state index in [2.05, 4.69) is 4.90 Å². The number of benzene rings is 4. The first-order valence-corrected chi connectivity index (χ1v) is 17.4. The molecular formula is C41H42N2O9. The molecule has 6 unspecified atom stereocenters. The molecule has 5 N–H and O–H groups in total. The summed E-state index contributed by atoms with van der Waals surface area (Å²) in [5.41, 5.74) is -0.279. The summed E-state index contributed by atoms with van der Waals surface area (Å²) in [6.45, 7) is 4.02. The van der Waals surface area contributed by atoms with Gasteiger partial charge in [0.15, 0.2) is 12.1 Å². The minimum atomic E-state index is -2.00. The molecule has 0 bridgehead atoms. The highest BCUT2D eigenvalue weighted by atomic mass is 16.7. The maximum atomic E-state index is 14.1. The van der Waals surface area contributed by atoms with Crippen LogP contribution in [-0.2, 0) is 33.8 Å². The first-order valence-electron chi connectivity index (χ1n) is 17.4. The topological polar surface area (TPSA) is 170 Å². The Morgan fingerprint density at radius 1 is 0.942 bits per heavy atom. The maximum absolute atomic E-state index is 14.1. The second-order valence-corrected chi connectivity index (χ2v) is 14.0. The predicted molar refractivity (Wildman–Crippen MR) is 191 cm³/mol. The minimum absolute atomic E-state index is 0.00400. The van der Waals surface area contributed by atoms with Crippen molar-refractivity contribution < 1.29 is 44.2 Å². The summed E-state index contributed by atoms with van der Waals surface area (Å²) in [6, 6.07) is 24.1. The van der Waals surface area contributed by atoms with Crippen LogP contribution < -0.4 is 4.74 Å². The van der Waals surface area contributed by atoms with Crippen molar-refractivity contribution in [2.75, 3.05) is 7.11 Å². The lowest BCUT2D eigenvalue weighted by Gasteiger charge is -2.45. The Kier molecular flexibility index (Phi) is 9.49. The van der Waals surface area contributed by atoms with Gasteiger partial charge in [-0.2, -0.15) is 0 Å². The molecule has 1 saturated heterocycles. The van der Waals surface area contributed by atoms with Gasteiger partial charge < -0.3 is 34.6 Å². The van der Waals surface area contributed by atoms with Crippen LogP contribution >= 0.6 is 0 Å². The Balaban J connectivity index is 1.28. The number of ether oxygens (including phenoxy) is 3. The molecule has 2 aliphatic carbocycles. The van der Waals surface area contributed by atoms with E-state index in [4.69, 9.17) is 19.6 Å². The van der Waals surface area contributed by atoms with E-state index in [9.17, 15) is 30.0 Å². The summed E-state index contributed by atoms with van der Waals surface area (Å²) in [5, 5.41) is 55.9. The standard InChI is InChI=1S/C41H42N2O9/c1-22-37(45)28(43(20-24-11-6-4-7-12-24)21-25-13-8-5-9-14-25)17-31(51-22)52-30-19-41(49,23(2)44)18-27-33(30)40(48)35-34(38(27)46)36(42)26-15-10-16-29(50-3)32(26)39(35)47/h4-16,22,28,30-31,37,42,45-46,48-49H,17-21H2,1-3H3. The van der Waals surface area contributed by atoms with E-state index in [0.29, 0.717) is 13.1 Å². The van der Waals surface area contributed by atoms with Gasteiger partial charge in [0.25, 0.3) is 0 Å². The normalized spacial score (nSPS) is 25.3. The van der Waals surface area contributed by atoms with Crippen molar-refractivity contribution in [3.05, 3.63) is 123 Å². The van der Waals surface area contributed by atoms with E-state index in [1.807, 2.05) is 60.7 Å².